The second-order valence-electron chi connectivity index (χ2n) is 4.83. The fraction of sp³-hybridized carbons (Fsp3) is 0.571. The van der Waals surface area contributed by atoms with Crippen molar-refractivity contribution in [2.45, 2.75) is 31.3 Å². The van der Waals surface area contributed by atoms with Crippen LogP contribution in [0.4, 0.5) is 0 Å². The number of rotatable bonds is 3. The van der Waals surface area contributed by atoms with E-state index < -0.39 is 5.60 Å². The highest BCUT2D eigenvalue weighted by atomic mass is 16.5. The van der Waals surface area contributed by atoms with Crippen LogP contribution in [0.2, 0.25) is 0 Å². The van der Waals surface area contributed by atoms with Crippen molar-refractivity contribution in [1.29, 1.82) is 0 Å². The van der Waals surface area contributed by atoms with Crippen molar-refractivity contribution in [3.8, 4) is 5.75 Å². The monoisotopic (exact) mass is 235 g/mol. The summed E-state index contributed by atoms with van der Waals surface area (Å²) >= 11 is 0. The van der Waals surface area contributed by atoms with Crippen molar-refractivity contribution >= 4 is 0 Å². The van der Waals surface area contributed by atoms with Gasteiger partial charge in [0.15, 0.2) is 0 Å². The Bertz CT molecular complexity index is 380. The standard InChI is InChI=1S/C14H21NO2/c1-17-13-7-4-6-11(9-13)14(16)8-3-2-5-12(14)10-15/h4,6-7,9,12,16H,2-3,5,8,10,15H2,1H3/t12-,14-/m1/s1. The summed E-state index contributed by atoms with van der Waals surface area (Å²) in [6.07, 6.45) is 4.02. The van der Waals surface area contributed by atoms with Crippen LogP contribution in [0.5, 0.6) is 5.75 Å². The van der Waals surface area contributed by atoms with E-state index in [1.807, 2.05) is 24.3 Å². The maximum absolute atomic E-state index is 10.9. The zero-order valence-electron chi connectivity index (χ0n) is 10.4. The molecule has 2 rings (SSSR count). The van der Waals surface area contributed by atoms with Gasteiger partial charge in [-0.3, -0.25) is 0 Å². The number of ether oxygens (including phenoxy) is 1. The van der Waals surface area contributed by atoms with Gasteiger partial charge in [-0.25, -0.2) is 0 Å². The van der Waals surface area contributed by atoms with E-state index in [1.165, 1.54) is 0 Å². The van der Waals surface area contributed by atoms with E-state index >= 15 is 0 Å². The Morgan fingerprint density at radius 1 is 1.47 bits per heavy atom. The van der Waals surface area contributed by atoms with Crippen molar-refractivity contribution in [1.82, 2.24) is 0 Å². The Kier molecular flexibility index (Phi) is 3.69. The number of benzene rings is 1. The molecule has 0 spiro atoms. The molecule has 94 valence electrons. The van der Waals surface area contributed by atoms with Gasteiger partial charge >= 0.3 is 0 Å². The second kappa shape index (κ2) is 5.07. The average Bonchev–Trinajstić information content (AvgIpc) is 2.39. The van der Waals surface area contributed by atoms with Crippen LogP contribution in [-0.2, 0) is 5.60 Å². The average molecular weight is 235 g/mol. The maximum atomic E-state index is 10.9. The predicted molar refractivity (Wildman–Crippen MR) is 67.9 cm³/mol. The topological polar surface area (TPSA) is 55.5 Å². The summed E-state index contributed by atoms with van der Waals surface area (Å²) in [6, 6.07) is 7.71. The van der Waals surface area contributed by atoms with Gasteiger partial charge in [0, 0.05) is 5.92 Å². The first-order valence-electron chi connectivity index (χ1n) is 6.27. The molecule has 1 aromatic rings. The van der Waals surface area contributed by atoms with Crippen LogP contribution in [0.3, 0.4) is 0 Å². The highest BCUT2D eigenvalue weighted by molar-refractivity contribution is 5.33. The van der Waals surface area contributed by atoms with E-state index in [1.54, 1.807) is 7.11 Å². The smallest absolute Gasteiger partial charge is 0.119 e. The van der Waals surface area contributed by atoms with Crippen LogP contribution in [0.15, 0.2) is 24.3 Å². The number of nitrogens with two attached hydrogens (primary N) is 1. The summed E-state index contributed by atoms with van der Waals surface area (Å²) in [5.74, 6) is 0.945. The van der Waals surface area contributed by atoms with Gasteiger partial charge in [0.1, 0.15) is 5.75 Å². The van der Waals surface area contributed by atoms with Crippen molar-refractivity contribution in [3.63, 3.8) is 0 Å². The van der Waals surface area contributed by atoms with Crippen LogP contribution in [0.1, 0.15) is 31.2 Å². The summed E-state index contributed by atoms with van der Waals surface area (Å²) in [5, 5.41) is 10.9. The second-order valence-corrected chi connectivity index (χ2v) is 4.83. The summed E-state index contributed by atoms with van der Waals surface area (Å²) < 4.78 is 5.22. The van der Waals surface area contributed by atoms with Gasteiger partial charge in [-0.15, -0.1) is 0 Å². The molecule has 1 aliphatic carbocycles. The van der Waals surface area contributed by atoms with E-state index in [9.17, 15) is 5.11 Å². The molecule has 0 aromatic heterocycles. The molecule has 3 nitrogen and oxygen atoms in total. The molecule has 1 saturated carbocycles. The van der Waals surface area contributed by atoms with Crippen molar-refractivity contribution < 1.29 is 9.84 Å². The number of methoxy groups -OCH3 is 1. The third-order valence-corrected chi connectivity index (χ3v) is 3.89. The van der Waals surface area contributed by atoms with E-state index in [-0.39, 0.29) is 5.92 Å². The largest absolute Gasteiger partial charge is 0.497 e. The number of hydrogen-bond donors (Lipinski definition) is 2. The minimum absolute atomic E-state index is 0.156. The fourth-order valence-electron chi connectivity index (χ4n) is 2.81. The molecule has 0 saturated heterocycles. The van der Waals surface area contributed by atoms with Gasteiger partial charge in [-0.1, -0.05) is 25.0 Å². The van der Waals surface area contributed by atoms with Crippen molar-refractivity contribution in [3.05, 3.63) is 29.8 Å². The molecule has 1 aliphatic rings. The van der Waals surface area contributed by atoms with Gasteiger partial charge in [0.25, 0.3) is 0 Å². The minimum Gasteiger partial charge on any atom is -0.497 e. The normalized spacial score (nSPS) is 29.0. The molecule has 0 unspecified atom stereocenters. The molecular formula is C14H21NO2. The van der Waals surface area contributed by atoms with Crippen LogP contribution >= 0.6 is 0 Å². The highest BCUT2D eigenvalue weighted by Crippen LogP contribution is 2.41. The van der Waals surface area contributed by atoms with Gasteiger partial charge in [-0.05, 0) is 37.1 Å². The first kappa shape index (κ1) is 12.4. The Hall–Kier alpha value is -1.06. The molecule has 0 bridgehead atoms. The van der Waals surface area contributed by atoms with Gasteiger partial charge < -0.3 is 15.6 Å². The van der Waals surface area contributed by atoms with Crippen molar-refractivity contribution in [2.24, 2.45) is 11.7 Å². The molecule has 17 heavy (non-hydrogen) atoms. The lowest BCUT2D eigenvalue weighted by Gasteiger charge is -2.40. The zero-order valence-corrected chi connectivity index (χ0v) is 10.4. The molecule has 3 N–H and O–H groups in total. The number of hydrogen-bond acceptors (Lipinski definition) is 3. The van der Waals surface area contributed by atoms with E-state index in [0.29, 0.717) is 6.54 Å². The van der Waals surface area contributed by atoms with E-state index in [2.05, 4.69) is 0 Å². The number of aliphatic hydroxyl groups is 1. The zero-order chi connectivity index (χ0) is 12.3. The van der Waals surface area contributed by atoms with Gasteiger partial charge in [-0.2, -0.15) is 0 Å². The summed E-state index contributed by atoms with van der Waals surface area (Å²) in [7, 11) is 1.64. The third-order valence-electron chi connectivity index (χ3n) is 3.89. The van der Waals surface area contributed by atoms with Crippen LogP contribution in [0, 0.1) is 5.92 Å². The lowest BCUT2D eigenvalue weighted by atomic mass is 9.71. The lowest BCUT2D eigenvalue weighted by Crippen LogP contribution is -2.41. The fourth-order valence-corrected chi connectivity index (χ4v) is 2.81. The first-order chi connectivity index (χ1) is 8.20. The molecule has 3 heteroatoms. The molecule has 0 heterocycles. The Morgan fingerprint density at radius 3 is 3.00 bits per heavy atom. The van der Waals surface area contributed by atoms with Crippen LogP contribution in [0.25, 0.3) is 0 Å². The molecule has 1 fully saturated rings. The SMILES string of the molecule is COc1cccc([C@]2(O)CCCC[C@@H]2CN)c1. The van der Waals surface area contributed by atoms with E-state index in [4.69, 9.17) is 10.5 Å². The third kappa shape index (κ3) is 2.31. The Balaban J connectivity index is 2.33. The van der Waals surface area contributed by atoms with Gasteiger partial charge in [0.2, 0.25) is 0 Å². The molecule has 2 atom stereocenters. The molecule has 0 radical (unpaired) electrons. The van der Waals surface area contributed by atoms with Crippen LogP contribution < -0.4 is 10.5 Å². The predicted octanol–water partition coefficient (Wildman–Crippen LogP) is 2.03. The Labute approximate surface area is 103 Å². The minimum atomic E-state index is -0.776. The molecule has 0 amide bonds. The van der Waals surface area contributed by atoms with Gasteiger partial charge in [0.05, 0.1) is 12.7 Å². The van der Waals surface area contributed by atoms with Crippen molar-refractivity contribution in [2.75, 3.05) is 13.7 Å². The Morgan fingerprint density at radius 2 is 2.29 bits per heavy atom. The quantitative estimate of drug-likeness (QED) is 0.843. The summed E-state index contributed by atoms with van der Waals surface area (Å²) in [4.78, 5) is 0. The molecular weight excluding hydrogens is 214 g/mol. The highest BCUT2D eigenvalue weighted by Gasteiger charge is 2.39. The van der Waals surface area contributed by atoms with E-state index in [0.717, 1.165) is 37.0 Å². The lowest BCUT2D eigenvalue weighted by molar-refractivity contribution is -0.0507. The molecule has 1 aromatic carbocycles. The van der Waals surface area contributed by atoms with Crippen LogP contribution in [-0.4, -0.2) is 18.8 Å². The first-order valence-corrected chi connectivity index (χ1v) is 6.27. The summed E-state index contributed by atoms with van der Waals surface area (Å²) in [5.41, 5.74) is 5.96. The maximum Gasteiger partial charge on any atom is 0.119 e. The molecule has 0 aliphatic heterocycles. The summed E-state index contributed by atoms with van der Waals surface area (Å²) in [6.45, 7) is 0.535.